The van der Waals surface area contributed by atoms with Gasteiger partial charge >= 0.3 is 0 Å². The third-order valence-electron chi connectivity index (χ3n) is 1.85. The van der Waals surface area contributed by atoms with E-state index in [1.165, 1.54) is 6.21 Å². The Balaban J connectivity index is 3.08. The van der Waals surface area contributed by atoms with E-state index in [1.807, 2.05) is 13.0 Å². The van der Waals surface area contributed by atoms with E-state index in [1.54, 1.807) is 13.2 Å². The number of benzene rings is 1. The molecule has 0 bridgehead atoms. The number of nitrogens with zero attached hydrogens (tertiary/aromatic N) is 1. The number of halogens is 1. The fourth-order valence-corrected chi connectivity index (χ4v) is 1.54. The van der Waals surface area contributed by atoms with Crippen LogP contribution in [0.15, 0.2) is 21.8 Å². The van der Waals surface area contributed by atoms with Crippen molar-refractivity contribution >= 4 is 22.1 Å². The molecule has 82 valence electrons. The predicted octanol–water partition coefficient (Wildman–Crippen LogP) is 2.55. The molecular weight excluding hydrogens is 262 g/mol. The van der Waals surface area contributed by atoms with Crippen LogP contribution < -0.4 is 4.74 Å². The van der Waals surface area contributed by atoms with Gasteiger partial charge in [0.25, 0.3) is 0 Å². The minimum atomic E-state index is 0.155. The van der Waals surface area contributed by atoms with Crippen molar-refractivity contribution in [1.29, 1.82) is 0 Å². The topological polar surface area (TPSA) is 51.0 Å². The molecule has 5 heteroatoms. The molecule has 0 fully saturated rings. The first-order chi connectivity index (χ1) is 7.20. The smallest absolute Gasteiger partial charge is 0.188 e. The molecule has 0 atom stereocenters. The second kappa shape index (κ2) is 5.72. The van der Waals surface area contributed by atoms with Gasteiger partial charge in [0.1, 0.15) is 5.75 Å². The minimum Gasteiger partial charge on any atom is -0.467 e. The summed E-state index contributed by atoms with van der Waals surface area (Å²) in [5.41, 5.74) is 1.73. The molecule has 0 spiro atoms. The van der Waals surface area contributed by atoms with Gasteiger partial charge in [-0.15, -0.1) is 0 Å². The van der Waals surface area contributed by atoms with Crippen LogP contribution in [0.1, 0.15) is 11.1 Å². The van der Waals surface area contributed by atoms with E-state index in [9.17, 15) is 0 Å². The van der Waals surface area contributed by atoms with Crippen LogP contribution >= 0.6 is 15.9 Å². The van der Waals surface area contributed by atoms with Crippen LogP contribution in [0.3, 0.4) is 0 Å². The average Bonchev–Trinajstić information content (AvgIpc) is 2.24. The standard InChI is InChI=1S/C10H12BrNO3/c1-7-3-4-9(15-6-14-2)8(5-12-13)10(7)11/h3-5,13H,6H2,1-2H3/b12-5+. The van der Waals surface area contributed by atoms with Crippen molar-refractivity contribution in [2.45, 2.75) is 6.92 Å². The van der Waals surface area contributed by atoms with Gasteiger partial charge in [-0.1, -0.05) is 11.2 Å². The summed E-state index contributed by atoms with van der Waals surface area (Å²) in [7, 11) is 1.54. The maximum Gasteiger partial charge on any atom is 0.188 e. The molecule has 1 aromatic carbocycles. The maximum absolute atomic E-state index is 8.55. The highest BCUT2D eigenvalue weighted by Gasteiger charge is 2.08. The van der Waals surface area contributed by atoms with Gasteiger partial charge in [0.2, 0.25) is 0 Å². The fourth-order valence-electron chi connectivity index (χ4n) is 1.11. The van der Waals surface area contributed by atoms with E-state index >= 15 is 0 Å². The molecule has 0 aromatic heterocycles. The molecule has 0 amide bonds. The highest BCUT2D eigenvalue weighted by atomic mass is 79.9. The molecule has 0 saturated heterocycles. The lowest BCUT2D eigenvalue weighted by Crippen LogP contribution is -2.02. The zero-order valence-corrected chi connectivity index (χ0v) is 10.1. The first-order valence-corrected chi connectivity index (χ1v) is 5.08. The van der Waals surface area contributed by atoms with Crippen LogP contribution in [-0.2, 0) is 4.74 Å². The van der Waals surface area contributed by atoms with Gasteiger partial charge < -0.3 is 14.7 Å². The van der Waals surface area contributed by atoms with Gasteiger partial charge in [0.05, 0.1) is 11.8 Å². The monoisotopic (exact) mass is 273 g/mol. The summed E-state index contributed by atoms with van der Waals surface area (Å²) < 4.78 is 11.0. The Morgan fingerprint density at radius 1 is 1.53 bits per heavy atom. The molecule has 0 unspecified atom stereocenters. The van der Waals surface area contributed by atoms with Crippen LogP contribution in [0, 0.1) is 6.92 Å². The first-order valence-electron chi connectivity index (χ1n) is 4.29. The summed E-state index contributed by atoms with van der Waals surface area (Å²) >= 11 is 3.40. The average molecular weight is 274 g/mol. The third-order valence-corrected chi connectivity index (χ3v) is 2.90. The Morgan fingerprint density at radius 3 is 2.87 bits per heavy atom. The lowest BCUT2D eigenvalue weighted by molar-refractivity contribution is 0.0509. The van der Waals surface area contributed by atoms with Crippen LogP contribution in [0.5, 0.6) is 5.75 Å². The molecule has 0 aliphatic rings. The van der Waals surface area contributed by atoms with Crippen LogP contribution in [0.25, 0.3) is 0 Å². The molecule has 0 aliphatic carbocycles. The van der Waals surface area contributed by atoms with Crippen molar-refractivity contribution < 1.29 is 14.7 Å². The van der Waals surface area contributed by atoms with Crippen molar-refractivity contribution in [3.63, 3.8) is 0 Å². The molecule has 4 nitrogen and oxygen atoms in total. The molecular formula is C10H12BrNO3. The van der Waals surface area contributed by atoms with Gasteiger partial charge in [-0.05, 0) is 34.5 Å². The van der Waals surface area contributed by atoms with Gasteiger partial charge in [0.15, 0.2) is 6.79 Å². The molecule has 0 aliphatic heterocycles. The van der Waals surface area contributed by atoms with Gasteiger partial charge in [-0.25, -0.2) is 0 Å². The Hall–Kier alpha value is -1.07. The number of oxime groups is 1. The zero-order valence-electron chi connectivity index (χ0n) is 8.53. The largest absolute Gasteiger partial charge is 0.467 e. The lowest BCUT2D eigenvalue weighted by Gasteiger charge is -2.10. The molecule has 1 aromatic rings. The normalized spacial score (nSPS) is 10.9. The Kier molecular flexibility index (Phi) is 4.58. The van der Waals surface area contributed by atoms with E-state index < -0.39 is 0 Å². The molecule has 0 radical (unpaired) electrons. The summed E-state index contributed by atoms with van der Waals surface area (Å²) in [5, 5.41) is 11.5. The fraction of sp³-hybridized carbons (Fsp3) is 0.300. The van der Waals surface area contributed by atoms with Crippen molar-refractivity contribution in [2.75, 3.05) is 13.9 Å². The number of rotatable bonds is 4. The van der Waals surface area contributed by atoms with Crippen LogP contribution in [0.2, 0.25) is 0 Å². The quantitative estimate of drug-likeness (QED) is 0.397. The number of ether oxygens (including phenoxy) is 2. The van der Waals surface area contributed by atoms with E-state index in [0.717, 1.165) is 10.0 Å². The highest BCUT2D eigenvalue weighted by molar-refractivity contribution is 9.10. The summed E-state index contributed by atoms with van der Waals surface area (Å²) in [4.78, 5) is 0. The summed E-state index contributed by atoms with van der Waals surface area (Å²) in [6, 6.07) is 3.71. The Morgan fingerprint density at radius 2 is 2.27 bits per heavy atom. The van der Waals surface area contributed by atoms with Crippen molar-refractivity contribution in [3.8, 4) is 5.75 Å². The van der Waals surface area contributed by atoms with E-state index in [2.05, 4.69) is 21.1 Å². The van der Waals surface area contributed by atoms with Gasteiger partial charge in [-0.2, -0.15) is 0 Å². The number of aryl methyl sites for hydroxylation is 1. The Labute approximate surface area is 96.6 Å². The van der Waals surface area contributed by atoms with Crippen molar-refractivity contribution in [3.05, 3.63) is 27.7 Å². The molecule has 0 heterocycles. The van der Waals surface area contributed by atoms with Gasteiger partial charge in [-0.3, -0.25) is 0 Å². The number of hydrogen-bond acceptors (Lipinski definition) is 4. The first kappa shape index (κ1) is 12.0. The van der Waals surface area contributed by atoms with Crippen LogP contribution in [0.4, 0.5) is 0 Å². The van der Waals surface area contributed by atoms with E-state index in [-0.39, 0.29) is 6.79 Å². The van der Waals surface area contributed by atoms with Crippen LogP contribution in [-0.4, -0.2) is 25.3 Å². The molecule has 15 heavy (non-hydrogen) atoms. The number of hydrogen-bond donors (Lipinski definition) is 1. The summed E-state index contributed by atoms with van der Waals surface area (Å²) in [6.07, 6.45) is 1.32. The number of methoxy groups -OCH3 is 1. The molecule has 0 saturated carbocycles. The minimum absolute atomic E-state index is 0.155. The Bertz CT molecular complexity index is 366. The predicted molar refractivity (Wildman–Crippen MR) is 60.8 cm³/mol. The second-order valence-corrected chi connectivity index (χ2v) is 3.70. The van der Waals surface area contributed by atoms with Gasteiger partial charge in [0, 0.05) is 11.6 Å². The lowest BCUT2D eigenvalue weighted by atomic mass is 10.1. The third kappa shape index (κ3) is 2.94. The molecule has 1 rings (SSSR count). The highest BCUT2D eigenvalue weighted by Crippen LogP contribution is 2.28. The summed E-state index contributed by atoms with van der Waals surface area (Å²) in [5.74, 6) is 0.604. The molecule has 1 N–H and O–H groups in total. The maximum atomic E-state index is 8.55. The SMILES string of the molecule is COCOc1ccc(C)c(Br)c1/C=N/O. The van der Waals surface area contributed by atoms with E-state index in [0.29, 0.717) is 11.3 Å². The second-order valence-electron chi connectivity index (χ2n) is 2.90. The van der Waals surface area contributed by atoms with Crippen molar-refractivity contribution in [2.24, 2.45) is 5.16 Å². The summed E-state index contributed by atoms with van der Waals surface area (Å²) in [6.45, 7) is 2.10. The van der Waals surface area contributed by atoms with E-state index in [4.69, 9.17) is 14.7 Å². The van der Waals surface area contributed by atoms with Crippen molar-refractivity contribution in [1.82, 2.24) is 0 Å². The zero-order chi connectivity index (χ0) is 11.3.